The molecule has 0 spiro atoms. The van der Waals surface area contributed by atoms with E-state index in [-0.39, 0.29) is 0 Å². The Labute approximate surface area is 174 Å². The highest BCUT2D eigenvalue weighted by molar-refractivity contribution is 5.66. The van der Waals surface area contributed by atoms with Gasteiger partial charge in [0.25, 0.3) is 0 Å². The largest absolute Gasteiger partial charge is 0.386 e. The molecule has 1 N–H and O–H groups in total. The van der Waals surface area contributed by atoms with Gasteiger partial charge in [0.05, 0.1) is 18.3 Å². The Bertz CT molecular complexity index is 956. The summed E-state index contributed by atoms with van der Waals surface area (Å²) in [5.41, 5.74) is 7.14. The molecule has 29 heavy (non-hydrogen) atoms. The van der Waals surface area contributed by atoms with Crippen molar-refractivity contribution in [3.8, 4) is 11.3 Å². The van der Waals surface area contributed by atoms with Crippen LogP contribution < -0.4 is 0 Å². The molecule has 1 heterocycles. The van der Waals surface area contributed by atoms with Gasteiger partial charge in [-0.25, -0.2) is 0 Å². The summed E-state index contributed by atoms with van der Waals surface area (Å²) in [6.07, 6.45) is 1.82. The zero-order chi connectivity index (χ0) is 20.5. The molecule has 0 fully saturated rings. The highest BCUT2D eigenvalue weighted by Crippen LogP contribution is 2.46. The fraction of sp³-hybridized carbons (Fsp3) is 0.423. The van der Waals surface area contributed by atoms with Gasteiger partial charge in [-0.3, -0.25) is 4.68 Å². The lowest BCUT2D eigenvalue weighted by Gasteiger charge is -2.31. The molecule has 1 aliphatic carbocycles. The van der Waals surface area contributed by atoms with E-state index in [1.807, 2.05) is 12.1 Å². The monoisotopic (exact) mass is 388 g/mol. The van der Waals surface area contributed by atoms with Crippen LogP contribution in [0.4, 0.5) is 0 Å². The number of aliphatic hydroxyl groups excluding tert-OH is 1. The minimum atomic E-state index is -0.562. The van der Waals surface area contributed by atoms with Crippen molar-refractivity contribution in [2.45, 2.75) is 65.0 Å². The van der Waals surface area contributed by atoms with Crippen molar-refractivity contribution in [1.82, 2.24) is 9.78 Å². The number of nitrogens with zero attached hydrogens (tertiary/aromatic N) is 2. The van der Waals surface area contributed by atoms with Crippen LogP contribution in [0.25, 0.3) is 11.3 Å². The van der Waals surface area contributed by atoms with Crippen molar-refractivity contribution in [3.63, 3.8) is 0 Å². The Morgan fingerprint density at radius 2 is 1.72 bits per heavy atom. The summed E-state index contributed by atoms with van der Waals surface area (Å²) in [7, 11) is 0. The Kier molecular flexibility index (Phi) is 5.60. The van der Waals surface area contributed by atoms with Crippen molar-refractivity contribution < 1.29 is 5.11 Å². The van der Waals surface area contributed by atoms with Crippen LogP contribution in [-0.4, -0.2) is 14.9 Å². The maximum Gasteiger partial charge on any atom is 0.0986 e. The van der Waals surface area contributed by atoms with Gasteiger partial charge in [-0.2, -0.15) is 5.10 Å². The van der Waals surface area contributed by atoms with Gasteiger partial charge >= 0.3 is 0 Å². The quantitative estimate of drug-likeness (QED) is 0.563. The molecule has 4 rings (SSSR count). The molecule has 0 amide bonds. The van der Waals surface area contributed by atoms with E-state index >= 15 is 0 Å². The molecule has 0 radical (unpaired) electrons. The molecule has 3 atom stereocenters. The Morgan fingerprint density at radius 1 is 1.03 bits per heavy atom. The van der Waals surface area contributed by atoms with Gasteiger partial charge < -0.3 is 5.11 Å². The van der Waals surface area contributed by atoms with Crippen LogP contribution in [0.2, 0.25) is 0 Å². The highest BCUT2D eigenvalue weighted by Gasteiger charge is 2.34. The maximum atomic E-state index is 11.0. The van der Waals surface area contributed by atoms with E-state index in [1.54, 1.807) is 0 Å². The lowest BCUT2D eigenvalue weighted by atomic mass is 9.75. The van der Waals surface area contributed by atoms with E-state index in [4.69, 9.17) is 5.10 Å². The zero-order valence-corrected chi connectivity index (χ0v) is 18.0. The summed E-state index contributed by atoms with van der Waals surface area (Å²) < 4.78 is 2.11. The normalized spacial score (nSPS) is 19.9. The van der Waals surface area contributed by atoms with Crippen LogP contribution in [-0.2, 0) is 6.54 Å². The SMILES string of the molecule is Cc1ccc([C@H](O)Cn2nc(-c3ccccc3)c3c2[C@H](C(C)C)CC[C@H]3C)cc1. The number of aromatic nitrogens is 2. The molecule has 0 aliphatic heterocycles. The Balaban J connectivity index is 1.79. The molecule has 152 valence electrons. The van der Waals surface area contributed by atoms with Gasteiger partial charge in [0.2, 0.25) is 0 Å². The second kappa shape index (κ2) is 8.16. The summed E-state index contributed by atoms with van der Waals surface area (Å²) in [5.74, 6) is 1.52. The standard InChI is InChI=1S/C26H32N2O/c1-17(2)22-15-12-19(4)24-25(21-8-6-5-7-9-21)27-28(26(22)24)16-23(29)20-13-10-18(3)11-14-20/h5-11,13-14,17,19,22-23,29H,12,15-16H2,1-4H3/t19-,22+,23-/m1/s1. The molecular weight excluding hydrogens is 356 g/mol. The van der Waals surface area contributed by atoms with E-state index in [9.17, 15) is 5.11 Å². The van der Waals surface area contributed by atoms with Gasteiger partial charge in [0.15, 0.2) is 0 Å². The predicted octanol–water partition coefficient (Wildman–Crippen LogP) is 6.23. The van der Waals surface area contributed by atoms with Crippen molar-refractivity contribution in [2.24, 2.45) is 5.92 Å². The van der Waals surface area contributed by atoms with Crippen LogP contribution in [0, 0.1) is 12.8 Å². The summed E-state index contributed by atoms with van der Waals surface area (Å²) in [6, 6.07) is 18.7. The number of fused-ring (bicyclic) bond motifs is 1. The lowest BCUT2D eigenvalue weighted by Crippen LogP contribution is -2.22. The molecule has 1 aromatic heterocycles. The summed E-state index contributed by atoms with van der Waals surface area (Å²) in [4.78, 5) is 0. The summed E-state index contributed by atoms with van der Waals surface area (Å²) >= 11 is 0. The molecule has 0 saturated heterocycles. The van der Waals surface area contributed by atoms with Crippen molar-refractivity contribution in [2.75, 3.05) is 0 Å². The molecule has 0 unspecified atom stereocenters. The van der Waals surface area contributed by atoms with E-state index in [0.29, 0.717) is 24.3 Å². The van der Waals surface area contributed by atoms with Crippen LogP contribution in [0.1, 0.15) is 73.9 Å². The van der Waals surface area contributed by atoms with Crippen LogP contribution in [0.5, 0.6) is 0 Å². The number of benzene rings is 2. The third-order valence-electron chi connectivity index (χ3n) is 6.44. The van der Waals surface area contributed by atoms with Gasteiger partial charge in [0.1, 0.15) is 0 Å². The van der Waals surface area contributed by atoms with Gasteiger partial charge in [-0.05, 0) is 37.2 Å². The second-order valence-electron chi connectivity index (χ2n) is 8.95. The number of hydrogen-bond donors (Lipinski definition) is 1. The molecule has 2 aromatic carbocycles. The summed E-state index contributed by atoms with van der Waals surface area (Å²) in [5, 5.41) is 16.1. The second-order valence-corrected chi connectivity index (χ2v) is 8.95. The fourth-order valence-corrected chi connectivity index (χ4v) is 4.73. The first kappa shape index (κ1) is 19.9. The molecule has 0 saturated carbocycles. The minimum absolute atomic E-state index is 0.483. The molecule has 0 bridgehead atoms. The average Bonchev–Trinajstić information content (AvgIpc) is 3.09. The zero-order valence-electron chi connectivity index (χ0n) is 18.0. The maximum absolute atomic E-state index is 11.0. The van der Waals surface area contributed by atoms with Crippen LogP contribution in [0.15, 0.2) is 54.6 Å². The smallest absolute Gasteiger partial charge is 0.0986 e. The van der Waals surface area contributed by atoms with E-state index in [2.05, 4.69) is 74.8 Å². The Morgan fingerprint density at radius 3 is 2.38 bits per heavy atom. The fourth-order valence-electron chi connectivity index (χ4n) is 4.73. The predicted molar refractivity (Wildman–Crippen MR) is 119 cm³/mol. The first-order valence-corrected chi connectivity index (χ1v) is 10.9. The average molecular weight is 389 g/mol. The van der Waals surface area contributed by atoms with Gasteiger partial charge in [0, 0.05) is 22.7 Å². The van der Waals surface area contributed by atoms with Gasteiger partial charge in [-0.15, -0.1) is 0 Å². The summed E-state index contributed by atoms with van der Waals surface area (Å²) in [6.45, 7) is 9.50. The van der Waals surface area contributed by atoms with Crippen LogP contribution >= 0.6 is 0 Å². The lowest BCUT2D eigenvalue weighted by molar-refractivity contribution is 0.148. The van der Waals surface area contributed by atoms with E-state index < -0.39 is 6.10 Å². The number of aryl methyl sites for hydroxylation is 1. The molecule has 3 nitrogen and oxygen atoms in total. The first-order chi connectivity index (χ1) is 14.0. The third-order valence-corrected chi connectivity index (χ3v) is 6.44. The number of aliphatic hydroxyl groups is 1. The molecule has 3 aromatic rings. The van der Waals surface area contributed by atoms with Crippen molar-refractivity contribution in [3.05, 3.63) is 77.0 Å². The Hall–Kier alpha value is -2.39. The number of rotatable bonds is 5. The van der Waals surface area contributed by atoms with Gasteiger partial charge in [-0.1, -0.05) is 80.9 Å². The van der Waals surface area contributed by atoms with Crippen molar-refractivity contribution in [1.29, 1.82) is 0 Å². The third kappa shape index (κ3) is 3.89. The highest BCUT2D eigenvalue weighted by atomic mass is 16.3. The topological polar surface area (TPSA) is 38.0 Å². The van der Waals surface area contributed by atoms with E-state index in [0.717, 1.165) is 11.3 Å². The molecule has 3 heteroatoms. The van der Waals surface area contributed by atoms with E-state index in [1.165, 1.54) is 35.2 Å². The van der Waals surface area contributed by atoms with Crippen LogP contribution in [0.3, 0.4) is 0 Å². The number of hydrogen-bond acceptors (Lipinski definition) is 2. The molecule has 1 aliphatic rings. The molecular formula is C26H32N2O. The minimum Gasteiger partial charge on any atom is -0.386 e. The first-order valence-electron chi connectivity index (χ1n) is 10.9. The van der Waals surface area contributed by atoms with Crippen molar-refractivity contribution >= 4 is 0 Å².